The summed E-state index contributed by atoms with van der Waals surface area (Å²) in [6.45, 7) is 3.92. The van der Waals surface area contributed by atoms with Crippen LogP contribution in [0.3, 0.4) is 0 Å². The normalized spacial score (nSPS) is 11.3. The van der Waals surface area contributed by atoms with E-state index in [1.54, 1.807) is 12.1 Å². The molecule has 0 saturated heterocycles. The number of amides is 3. The summed E-state index contributed by atoms with van der Waals surface area (Å²) in [7, 11) is 0. The van der Waals surface area contributed by atoms with Crippen molar-refractivity contribution in [3.8, 4) is 5.75 Å². The molecule has 0 aliphatic carbocycles. The summed E-state index contributed by atoms with van der Waals surface area (Å²) in [5.41, 5.74) is 5.08. The topological polar surface area (TPSA) is 108 Å². The predicted octanol–water partition coefficient (Wildman–Crippen LogP) is 1.22. The molecular formula is C14H18N2O5. The molecule has 1 rings (SSSR count). The third-order valence-corrected chi connectivity index (χ3v) is 2.46. The summed E-state index contributed by atoms with van der Waals surface area (Å²) in [6, 6.07) is 5.35. The second-order valence-corrected chi connectivity index (χ2v) is 4.27. The molecule has 0 spiro atoms. The van der Waals surface area contributed by atoms with Gasteiger partial charge in [0.25, 0.3) is 5.91 Å². The molecule has 1 aromatic rings. The molecular weight excluding hydrogens is 276 g/mol. The number of ether oxygens (including phenoxy) is 2. The SMILES string of the molecule is CCCOc1ccc(C(=O)O[C@H](C)C(=O)NC(N)=O)cc1. The molecule has 1 atom stereocenters. The van der Waals surface area contributed by atoms with E-state index in [4.69, 9.17) is 15.2 Å². The Kier molecular flexibility index (Phi) is 6.19. The number of benzene rings is 1. The van der Waals surface area contributed by atoms with Gasteiger partial charge < -0.3 is 15.2 Å². The van der Waals surface area contributed by atoms with Gasteiger partial charge in [-0.15, -0.1) is 0 Å². The fourth-order valence-electron chi connectivity index (χ4n) is 1.41. The molecule has 7 nitrogen and oxygen atoms in total. The fourth-order valence-corrected chi connectivity index (χ4v) is 1.41. The molecule has 114 valence electrons. The van der Waals surface area contributed by atoms with Gasteiger partial charge in [-0.2, -0.15) is 0 Å². The van der Waals surface area contributed by atoms with Crippen LogP contribution in [0.15, 0.2) is 24.3 Å². The maximum atomic E-state index is 11.8. The van der Waals surface area contributed by atoms with Crippen LogP contribution in [0.2, 0.25) is 0 Å². The minimum Gasteiger partial charge on any atom is -0.494 e. The van der Waals surface area contributed by atoms with Gasteiger partial charge in [0.2, 0.25) is 0 Å². The molecule has 0 radical (unpaired) electrons. The zero-order chi connectivity index (χ0) is 15.8. The van der Waals surface area contributed by atoms with Gasteiger partial charge in [0.15, 0.2) is 6.10 Å². The van der Waals surface area contributed by atoms with Crippen molar-refractivity contribution in [2.45, 2.75) is 26.4 Å². The summed E-state index contributed by atoms with van der Waals surface area (Å²) in [4.78, 5) is 33.7. The molecule has 0 fully saturated rings. The zero-order valence-corrected chi connectivity index (χ0v) is 11.9. The Labute approximate surface area is 122 Å². The third kappa shape index (κ3) is 5.52. The van der Waals surface area contributed by atoms with Crippen LogP contribution >= 0.6 is 0 Å². The average molecular weight is 294 g/mol. The largest absolute Gasteiger partial charge is 0.494 e. The molecule has 3 amide bonds. The van der Waals surface area contributed by atoms with Crippen LogP contribution in [0.1, 0.15) is 30.6 Å². The highest BCUT2D eigenvalue weighted by atomic mass is 16.5. The van der Waals surface area contributed by atoms with Gasteiger partial charge in [-0.05, 0) is 37.6 Å². The quantitative estimate of drug-likeness (QED) is 0.767. The second kappa shape index (κ2) is 7.88. The van der Waals surface area contributed by atoms with Crippen LogP contribution in [-0.2, 0) is 9.53 Å². The number of nitrogens with two attached hydrogens (primary N) is 1. The van der Waals surface area contributed by atoms with Gasteiger partial charge in [-0.1, -0.05) is 6.92 Å². The molecule has 0 aliphatic rings. The first-order valence-electron chi connectivity index (χ1n) is 6.48. The molecule has 1 aromatic carbocycles. The summed E-state index contributed by atoms with van der Waals surface area (Å²) in [5.74, 6) is -0.809. The number of rotatable bonds is 6. The van der Waals surface area contributed by atoms with E-state index in [-0.39, 0.29) is 5.56 Å². The Morgan fingerprint density at radius 2 is 1.86 bits per heavy atom. The summed E-state index contributed by atoms with van der Waals surface area (Å²) in [6.07, 6.45) is -0.239. The van der Waals surface area contributed by atoms with Crippen molar-refractivity contribution in [3.05, 3.63) is 29.8 Å². The number of nitrogens with one attached hydrogen (secondary N) is 1. The lowest BCUT2D eigenvalue weighted by molar-refractivity contribution is -0.127. The van der Waals surface area contributed by atoms with Crippen LogP contribution in [0, 0.1) is 0 Å². The molecule has 0 aromatic heterocycles. The van der Waals surface area contributed by atoms with E-state index < -0.39 is 24.0 Å². The molecule has 7 heteroatoms. The number of urea groups is 1. The number of hydrogen-bond acceptors (Lipinski definition) is 5. The lowest BCUT2D eigenvalue weighted by atomic mass is 10.2. The zero-order valence-electron chi connectivity index (χ0n) is 11.9. The minimum absolute atomic E-state index is 0.276. The molecule has 0 heterocycles. The second-order valence-electron chi connectivity index (χ2n) is 4.27. The lowest BCUT2D eigenvalue weighted by Gasteiger charge is -2.12. The van der Waals surface area contributed by atoms with Gasteiger partial charge in [-0.3, -0.25) is 10.1 Å². The Hall–Kier alpha value is -2.57. The van der Waals surface area contributed by atoms with Crippen LogP contribution in [0.4, 0.5) is 4.79 Å². The van der Waals surface area contributed by atoms with Crippen molar-refractivity contribution in [2.75, 3.05) is 6.61 Å². The van der Waals surface area contributed by atoms with Gasteiger partial charge in [-0.25, -0.2) is 9.59 Å². The number of carbonyl (C=O) groups is 3. The van der Waals surface area contributed by atoms with Crippen LogP contribution < -0.4 is 15.8 Å². The maximum absolute atomic E-state index is 11.8. The first kappa shape index (κ1) is 16.5. The third-order valence-electron chi connectivity index (χ3n) is 2.46. The summed E-state index contributed by atoms with van der Waals surface area (Å²) >= 11 is 0. The van der Waals surface area contributed by atoms with Crippen LogP contribution in [0.5, 0.6) is 5.75 Å². The Balaban J connectivity index is 2.58. The molecule has 0 bridgehead atoms. The molecule has 0 aliphatic heterocycles. The van der Waals surface area contributed by atoms with Crippen molar-refractivity contribution in [3.63, 3.8) is 0 Å². The summed E-state index contributed by atoms with van der Waals surface area (Å²) in [5, 5.41) is 1.83. The molecule has 0 unspecified atom stereocenters. The standard InChI is InChI=1S/C14H18N2O5/c1-3-8-20-11-6-4-10(5-7-11)13(18)21-9(2)12(17)16-14(15)19/h4-7,9H,3,8H2,1-2H3,(H3,15,16,17,19)/t9-/m1/s1. The highest BCUT2D eigenvalue weighted by Crippen LogP contribution is 2.13. The summed E-state index contributed by atoms with van der Waals surface area (Å²) < 4.78 is 10.3. The van der Waals surface area contributed by atoms with Gasteiger partial charge in [0, 0.05) is 0 Å². The Morgan fingerprint density at radius 3 is 2.38 bits per heavy atom. The Bertz CT molecular complexity index is 513. The number of imide groups is 1. The smallest absolute Gasteiger partial charge is 0.338 e. The first-order valence-corrected chi connectivity index (χ1v) is 6.48. The minimum atomic E-state index is -1.12. The van der Waals surface area contributed by atoms with E-state index in [9.17, 15) is 14.4 Å². The van der Waals surface area contributed by atoms with Crippen molar-refractivity contribution in [1.29, 1.82) is 0 Å². The molecule has 3 N–H and O–H groups in total. The van der Waals surface area contributed by atoms with Crippen LogP contribution in [-0.4, -0.2) is 30.6 Å². The van der Waals surface area contributed by atoms with E-state index >= 15 is 0 Å². The van der Waals surface area contributed by atoms with Crippen molar-refractivity contribution < 1.29 is 23.9 Å². The molecule has 0 saturated carbocycles. The monoisotopic (exact) mass is 294 g/mol. The number of esters is 1. The van der Waals surface area contributed by atoms with E-state index in [2.05, 4.69) is 0 Å². The van der Waals surface area contributed by atoms with Crippen LogP contribution in [0.25, 0.3) is 0 Å². The number of hydrogen-bond donors (Lipinski definition) is 2. The molecule has 21 heavy (non-hydrogen) atoms. The maximum Gasteiger partial charge on any atom is 0.338 e. The number of carbonyl (C=O) groups excluding carboxylic acids is 3. The Morgan fingerprint density at radius 1 is 1.24 bits per heavy atom. The predicted molar refractivity (Wildman–Crippen MR) is 74.8 cm³/mol. The van der Waals surface area contributed by atoms with Crippen molar-refractivity contribution in [1.82, 2.24) is 5.32 Å². The van der Waals surface area contributed by atoms with Crippen molar-refractivity contribution >= 4 is 17.9 Å². The number of primary amides is 1. The van der Waals surface area contributed by atoms with Crippen molar-refractivity contribution in [2.24, 2.45) is 5.73 Å². The average Bonchev–Trinajstić information content (AvgIpc) is 2.44. The van der Waals surface area contributed by atoms with E-state index in [1.165, 1.54) is 19.1 Å². The van der Waals surface area contributed by atoms with E-state index in [0.717, 1.165) is 6.42 Å². The first-order chi connectivity index (χ1) is 9.93. The highest BCUT2D eigenvalue weighted by molar-refractivity contribution is 5.98. The van der Waals surface area contributed by atoms with E-state index in [0.29, 0.717) is 12.4 Å². The van der Waals surface area contributed by atoms with Gasteiger partial charge >= 0.3 is 12.0 Å². The fraction of sp³-hybridized carbons (Fsp3) is 0.357. The van der Waals surface area contributed by atoms with E-state index in [1.807, 2.05) is 12.2 Å². The van der Waals surface area contributed by atoms with Gasteiger partial charge in [0.1, 0.15) is 5.75 Å². The van der Waals surface area contributed by atoms with Gasteiger partial charge in [0.05, 0.1) is 12.2 Å². The highest BCUT2D eigenvalue weighted by Gasteiger charge is 2.19. The lowest BCUT2D eigenvalue weighted by Crippen LogP contribution is -2.42.